The minimum atomic E-state index is -0.348. The molecule has 124 valence electrons. The molecule has 0 radical (unpaired) electrons. The van der Waals surface area contributed by atoms with Crippen molar-refractivity contribution < 1.29 is 9.59 Å². The quantitative estimate of drug-likeness (QED) is 0.830. The van der Waals surface area contributed by atoms with Gasteiger partial charge in [0.15, 0.2) is 0 Å². The number of pyridine rings is 1. The first-order valence-electron chi connectivity index (χ1n) is 8.27. The number of carbonyl (C=O) groups excluding carboxylic acids is 2. The molecule has 1 unspecified atom stereocenters. The summed E-state index contributed by atoms with van der Waals surface area (Å²) in [5.41, 5.74) is 1.85. The normalized spacial score (nSPS) is 16.2. The number of amides is 2. The zero-order chi connectivity index (χ0) is 17.1. The van der Waals surface area contributed by atoms with E-state index in [9.17, 15) is 9.59 Å². The molecular formula is C19H21N3O2. The Morgan fingerprint density at radius 3 is 2.21 bits per heavy atom. The summed E-state index contributed by atoms with van der Waals surface area (Å²) < 4.78 is 0. The highest BCUT2D eigenvalue weighted by Gasteiger charge is 2.39. The fourth-order valence-corrected chi connectivity index (χ4v) is 3.06. The maximum Gasteiger partial charge on any atom is 0.262 e. The van der Waals surface area contributed by atoms with Gasteiger partial charge in [0.1, 0.15) is 0 Å². The molecule has 2 amide bonds. The molecule has 1 N–H and O–H groups in total. The van der Waals surface area contributed by atoms with Gasteiger partial charge in [-0.25, -0.2) is 0 Å². The van der Waals surface area contributed by atoms with Gasteiger partial charge in [0.25, 0.3) is 11.8 Å². The van der Waals surface area contributed by atoms with Gasteiger partial charge in [0, 0.05) is 12.2 Å². The summed E-state index contributed by atoms with van der Waals surface area (Å²) in [5, 5.41) is 3.39. The standard InChI is InChI=1S/C19H21N3O2/c1-3-8-17(21-13(2)16-11-6-7-12-20-16)22-18(23)14-9-4-5-10-15(14)19(22)24/h4-7,9-13,17,21H,3,8H2,1-2H3/t13?,17-/m1/s1. The largest absolute Gasteiger partial charge is 0.289 e. The molecule has 2 aromatic rings. The van der Waals surface area contributed by atoms with Crippen molar-refractivity contribution in [3.05, 3.63) is 65.5 Å². The molecule has 3 rings (SSSR count). The molecular weight excluding hydrogens is 302 g/mol. The number of hydrogen-bond donors (Lipinski definition) is 1. The fourth-order valence-electron chi connectivity index (χ4n) is 3.06. The Morgan fingerprint density at radius 2 is 1.67 bits per heavy atom. The van der Waals surface area contributed by atoms with Crippen molar-refractivity contribution in [1.82, 2.24) is 15.2 Å². The molecule has 1 aromatic heterocycles. The Morgan fingerprint density at radius 1 is 1.04 bits per heavy atom. The van der Waals surface area contributed by atoms with Gasteiger partial charge >= 0.3 is 0 Å². The maximum atomic E-state index is 12.7. The van der Waals surface area contributed by atoms with Crippen LogP contribution in [0.1, 0.15) is 59.1 Å². The van der Waals surface area contributed by atoms with E-state index in [4.69, 9.17) is 0 Å². The van der Waals surface area contributed by atoms with E-state index in [2.05, 4.69) is 10.3 Å². The second-order valence-electron chi connectivity index (χ2n) is 5.97. The number of fused-ring (bicyclic) bond motifs is 1. The first kappa shape index (κ1) is 16.3. The van der Waals surface area contributed by atoms with Crippen LogP contribution >= 0.6 is 0 Å². The molecule has 24 heavy (non-hydrogen) atoms. The third kappa shape index (κ3) is 2.95. The van der Waals surface area contributed by atoms with Crippen LogP contribution < -0.4 is 5.32 Å². The molecule has 1 aromatic carbocycles. The highest BCUT2D eigenvalue weighted by atomic mass is 16.2. The Balaban J connectivity index is 1.84. The van der Waals surface area contributed by atoms with Crippen LogP contribution in [0.3, 0.4) is 0 Å². The number of nitrogens with one attached hydrogen (secondary N) is 1. The number of aromatic nitrogens is 1. The highest BCUT2D eigenvalue weighted by Crippen LogP contribution is 2.26. The second kappa shape index (κ2) is 6.93. The molecule has 0 fully saturated rings. The van der Waals surface area contributed by atoms with E-state index in [1.165, 1.54) is 4.90 Å². The van der Waals surface area contributed by atoms with Crippen LogP contribution in [-0.2, 0) is 0 Å². The summed E-state index contributed by atoms with van der Waals surface area (Å²) in [6.07, 6.45) is 2.95. The molecule has 0 aliphatic carbocycles. The minimum absolute atomic E-state index is 0.0629. The molecule has 0 saturated heterocycles. The van der Waals surface area contributed by atoms with E-state index >= 15 is 0 Å². The lowest BCUT2D eigenvalue weighted by atomic mass is 10.1. The molecule has 0 bridgehead atoms. The van der Waals surface area contributed by atoms with E-state index < -0.39 is 0 Å². The lowest BCUT2D eigenvalue weighted by Gasteiger charge is -2.29. The predicted molar refractivity (Wildman–Crippen MR) is 91.4 cm³/mol. The topological polar surface area (TPSA) is 62.3 Å². The van der Waals surface area contributed by atoms with E-state index in [0.29, 0.717) is 17.5 Å². The molecule has 0 saturated carbocycles. The summed E-state index contributed by atoms with van der Waals surface area (Å²) in [6, 6.07) is 12.6. The Labute approximate surface area is 141 Å². The van der Waals surface area contributed by atoms with Crippen LogP contribution in [0.15, 0.2) is 48.7 Å². The van der Waals surface area contributed by atoms with Crippen LogP contribution in [0.2, 0.25) is 0 Å². The molecule has 0 spiro atoms. The van der Waals surface area contributed by atoms with E-state index in [1.54, 1.807) is 30.5 Å². The zero-order valence-corrected chi connectivity index (χ0v) is 13.9. The molecule has 1 aliphatic heterocycles. The monoisotopic (exact) mass is 323 g/mol. The van der Waals surface area contributed by atoms with Gasteiger partial charge in [0.05, 0.1) is 23.0 Å². The maximum absolute atomic E-state index is 12.7. The van der Waals surface area contributed by atoms with Crippen molar-refractivity contribution in [2.45, 2.75) is 38.9 Å². The number of imide groups is 1. The number of carbonyl (C=O) groups is 2. The minimum Gasteiger partial charge on any atom is -0.289 e. The van der Waals surface area contributed by atoms with Crippen molar-refractivity contribution in [2.24, 2.45) is 0 Å². The van der Waals surface area contributed by atoms with E-state index in [-0.39, 0.29) is 24.0 Å². The van der Waals surface area contributed by atoms with Crippen LogP contribution in [0, 0.1) is 0 Å². The Hall–Kier alpha value is -2.53. The van der Waals surface area contributed by atoms with Gasteiger partial charge in [-0.1, -0.05) is 31.5 Å². The van der Waals surface area contributed by atoms with Crippen molar-refractivity contribution in [3.63, 3.8) is 0 Å². The first-order chi connectivity index (χ1) is 11.6. The average molecular weight is 323 g/mol. The summed E-state index contributed by atoms with van der Waals surface area (Å²) in [7, 11) is 0. The highest BCUT2D eigenvalue weighted by molar-refractivity contribution is 6.21. The van der Waals surface area contributed by atoms with Crippen LogP contribution in [0.25, 0.3) is 0 Å². The Bertz CT molecular complexity index is 710. The lowest BCUT2D eigenvalue weighted by molar-refractivity contribution is 0.0530. The van der Waals surface area contributed by atoms with Gasteiger partial charge in [-0.2, -0.15) is 0 Å². The van der Waals surface area contributed by atoms with Crippen LogP contribution in [0.4, 0.5) is 0 Å². The smallest absolute Gasteiger partial charge is 0.262 e. The number of hydrogen-bond acceptors (Lipinski definition) is 4. The molecule has 2 atom stereocenters. The summed E-state index contributed by atoms with van der Waals surface area (Å²) in [5.74, 6) is -0.454. The third-order valence-corrected chi connectivity index (χ3v) is 4.27. The van der Waals surface area contributed by atoms with Gasteiger partial charge < -0.3 is 0 Å². The summed E-state index contributed by atoms with van der Waals surface area (Å²) >= 11 is 0. The predicted octanol–water partition coefficient (Wildman–Crippen LogP) is 3.15. The average Bonchev–Trinajstić information content (AvgIpc) is 2.87. The summed E-state index contributed by atoms with van der Waals surface area (Å²) in [4.78, 5) is 31.1. The molecule has 1 aliphatic rings. The summed E-state index contributed by atoms with van der Waals surface area (Å²) in [6.45, 7) is 4.03. The van der Waals surface area contributed by atoms with Crippen LogP contribution in [-0.4, -0.2) is 27.9 Å². The van der Waals surface area contributed by atoms with Crippen LogP contribution in [0.5, 0.6) is 0 Å². The molecule has 2 heterocycles. The van der Waals surface area contributed by atoms with Gasteiger partial charge in [-0.15, -0.1) is 0 Å². The van der Waals surface area contributed by atoms with Gasteiger partial charge in [-0.05, 0) is 37.6 Å². The van der Waals surface area contributed by atoms with Crippen molar-refractivity contribution in [2.75, 3.05) is 0 Å². The number of rotatable bonds is 6. The van der Waals surface area contributed by atoms with Crippen molar-refractivity contribution in [1.29, 1.82) is 0 Å². The SMILES string of the molecule is CCC[C@H](NC(C)c1ccccn1)N1C(=O)c2ccccc2C1=O. The Kier molecular flexibility index (Phi) is 4.71. The zero-order valence-electron chi connectivity index (χ0n) is 13.9. The molecule has 5 nitrogen and oxygen atoms in total. The number of nitrogens with zero attached hydrogens (tertiary/aromatic N) is 2. The van der Waals surface area contributed by atoms with E-state index in [1.807, 2.05) is 32.0 Å². The lowest BCUT2D eigenvalue weighted by Crippen LogP contribution is -2.49. The fraction of sp³-hybridized carbons (Fsp3) is 0.316. The first-order valence-corrected chi connectivity index (χ1v) is 8.27. The van der Waals surface area contributed by atoms with Crippen molar-refractivity contribution in [3.8, 4) is 0 Å². The van der Waals surface area contributed by atoms with Gasteiger partial charge in [0.2, 0.25) is 0 Å². The second-order valence-corrected chi connectivity index (χ2v) is 5.97. The van der Waals surface area contributed by atoms with E-state index in [0.717, 1.165) is 12.1 Å². The van der Waals surface area contributed by atoms with Crippen molar-refractivity contribution >= 4 is 11.8 Å². The molecule has 5 heteroatoms. The third-order valence-electron chi connectivity index (χ3n) is 4.27. The van der Waals surface area contributed by atoms with Gasteiger partial charge in [-0.3, -0.25) is 24.8 Å². The number of benzene rings is 1.